The van der Waals surface area contributed by atoms with E-state index in [4.69, 9.17) is 0 Å². The molecule has 0 aliphatic heterocycles. The largest absolute Gasteiger partial charge is 0.623 e. The lowest BCUT2D eigenvalue weighted by Crippen LogP contribution is -2.35. The molecule has 0 bridgehead atoms. The number of alkyl halides is 3. The van der Waals surface area contributed by atoms with E-state index < -0.39 is 17.3 Å². The second-order valence-corrected chi connectivity index (χ2v) is 6.33. The van der Waals surface area contributed by atoms with Crippen molar-refractivity contribution in [1.29, 1.82) is 0 Å². The standard InChI is InChI=1S/C17H20F3NO/c1-12(2)15(21(22)16(3,4)5)11-8-13-6-9-14(10-7-13)17(18,19)20/h6-7,9-10,12H,1-5H3/b21-15-. The number of hydrogen-bond acceptors (Lipinski definition) is 1. The molecule has 0 aliphatic carbocycles. The van der Waals surface area contributed by atoms with E-state index in [1.165, 1.54) is 12.1 Å². The van der Waals surface area contributed by atoms with Gasteiger partial charge in [-0.3, -0.25) is 0 Å². The number of halogens is 3. The highest BCUT2D eigenvalue weighted by molar-refractivity contribution is 5.98. The highest BCUT2D eigenvalue weighted by Gasteiger charge is 2.29. The van der Waals surface area contributed by atoms with Gasteiger partial charge in [0, 0.05) is 38.2 Å². The first kappa shape index (κ1) is 18.1. The maximum absolute atomic E-state index is 12.5. The molecule has 0 radical (unpaired) electrons. The van der Waals surface area contributed by atoms with Crippen molar-refractivity contribution in [3.8, 4) is 11.8 Å². The van der Waals surface area contributed by atoms with Crippen LogP contribution in [0.2, 0.25) is 0 Å². The summed E-state index contributed by atoms with van der Waals surface area (Å²) in [4.78, 5) is 0. The summed E-state index contributed by atoms with van der Waals surface area (Å²) in [5.41, 5.74) is -0.485. The number of hydroxylamine groups is 1. The van der Waals surface area contributed by atoms with E-state index in [2.05, 4.69) is 11.8 Å². The van der Waals surface area contributed by atoms with Gasteiger partial charge in [-0.1, -0.05) is 19.8 Å². The molecule has 0 unspecified atom stereocenters. The maximum atomic E-state index is 12.5. The summed E-state index contributed by atoms with van der Waals surface area (Å²) in [5, 5.41) is 12.2. The summed E-state index contributed by atoms with van der Waals surface area (Å²) in [6.45, 7) is 9.05. The van der Waals surface area contributed by atoms with Crippen LogP contribution in [0.15, 0.2) is 24.3 Å². The third-order valence-corrected chi connectivity index (χ3v) is 2.92. The SMILES string of the molecule is CC(C)/C(C#Cc1ccc(C(F)(F)F)cc1)=[N+](\[O-])C(C)(C)C. The van der Waals surface area contributed by atoms with Gasteiger partial charge in [0.2, 0.25) is 5.71 Å². The van der Waals surface area contributed by atoms with Crippen molar-refractivity contribution in [2.75, 3.05) is 0 Å². The van der Waals surface area contributed by atoms with Crippen molar-refractivity contribution in [2.45, 2.75) is 46.3 Å². The Balaban J connectivity index is 3.16. The molecule has 0 fully saturated rings. The zero-order chi connectivity index (χ0) is 17.1. The fourth-order valence-electron chi connectivity index (χ4n) is 1.67. The summed E-state index contributed by atoms with van der Waals surface area (Å²) < 4.78 is 38.3. The van der Waals surface area contributed by atoms with Crippen LogP contribution in [-0.2, 0) is 6.18 Å². The molecule has 0 spiro atoms. The first-order chi connectivity index (χ1) is 9.93. The molecule has 0 aliphatic rings. The number of benzene rings is 1. The quantitative estimate of drug-likeness (QED) is 0.247. The van der Waals surface area contributed by atoms with Crippen LogP contribution in [0.3, 0.4) is 0 Å². The lowest BCUT2D eigenvalue weighted by molar-refractivity contribution is -0.536. The van der Waals surface area contributed by atoms with E-state index in [0.717, 1.165) is 16.9 Å². The van der Waals surface area contributed by atoms with Crippen molar-refractivity contribution < 1.29 is 17.9 Å². The Labute approximate surface area is 129 Å². The summed E-state index contributed by atoms with van der Waals surface area (Å²) >= 11 is 0. The van der Waals surface area contributed by atoms with Crippen LogP contribution in [0.1, 0.15) is 45.7 Å². The zero-order valence-corrected chi connectivity index (χ0v) is 13.4. The van der Waals surface area contributed by atoms with Crippen LogP contribution in [0.4, 0.5) is 13.2 Å². The number of hydrogen-bond donors (Lipinski definition) is 0. The van der Waals surface area contributed by atoms with E-state index >= 15 is 0 Å². The summed E-state index contributed by atoms with van der Waals surface area (Å²) in [5.74, 6) is 5.49. The van der Waals surface area contributed by atoms with Gasteiger partial charge in [-0.25, -0.2) is 0 Å². The Kier molecular flexibility index (Phi) is 5.29. The van der Waals surface area contributed by atoms with Crippen molar-refractivity contribution in [2.24, 2.45) is 5.92 Å². The molecular weight excluding hydrogens is 291 g/mol. The predicted octanol–water partition coefficient (Wildman–Crippen LogP) is 4.46. The topological polar surface area (TPSA) is 26.1 Å². The highest BCUT2D eigenvalue weighted by atomic mass is 19.4. The maximum Gasteiger partial charge on any atom is 0.416 e. The zero-order valence-electron chi connectivity index (χ0n) is 13.4. The number of nitrogens with zero attached hydrogens (tertiary/aromatic N) is 1. The van der Waals surface area contributed by atoms with Gasteiger partial charge < -0.3 is 5.21 Å². The lowest BCUT2D eigenvalue weighted by Gasteiger charge is -2.21. The first-order valence-corrected chi connectivity index (χ1v) is 6.96. The van der Waals surface area contributed by atoms with Gasteiger partial charge in [0.1, 0.15) is 0 Å². The third kappa shape index (κ3) is 4.80. The van der Waals surface area contributed by atoms with Crippen LogP contribution in [0.5, 0.6) is 0 Å². The average molecular weight is 311 g/mol. The van der Waals surface area contributed by atoms with Crippen molar-refractivity contribution in [1.82, 2.24) is 0 Å². The van der Waals surface area contributed by atoms with Gasteiger partial charge in [0.25, 0.3) is 0 Å². The molecule has 5 heteroatoms. The Morgan fingerprint density at radius 3 is 1.95 bits per heavy atom. The smallest absolute Gasteiger partial charge is 0.416 e. The second kappa shape index (κ2) is 6.43. The van der Waals surface area contributed by atoms with Crippen LogP contribution < -0.4 is 0 Å². The first-order valence-electron chi connectivity index (χ1n) is 6.96. The van der Waals surface area contributed by atoms with E-state index in [1.807, 2.05) is 13.8 Å². The van der Waals surface area contributed by atoms with Crippen LogP contribution in [0, 0.1) is 23.0 Å². The van der Waals surface area contributed by atoms with Crippen LogP contribution >= 0.6 is 0 Å². The molecule has 0 aromatic heterocycles. The Morgan fingerprint density at radius 2 is 1.59 bits per heavy atom. The second-order valence-electron chi connectivity index (χ2n) is 6.33. The van der Waals surface area contributed by atoms with E-state index in [1.54, 1.807) is 20.8 Å². The molecule has 0 N–H and O–H groups in total. The van der Waals surface area contributed by atoms with Gasteiger partial charge in [0.15, 0.2) is 5.54 Å². The molecule has 0 saturated heterocycles. The van der Waals surface area contributed by atoms with Gasteiger partial charge in [0.05, 0.1) is 5.56 Å². The normalized spacial score (nSPS) is 13.5. The summed E-state index contributed by atoms with van der Waals surface area (Å²) in [6.07, 6.45) is -4.36. The van der Waals surface area contributed by atoms with Gasteiger partial charge in [-0.15, -0.1) is 0 Å². The Hall–Kier alpha value is -1.96. The van der Waals surface area contributed by atoms with Crippen molar-refractivity contribution >= 4 is 5.71 Å². The number of rotatable bonds is 1. The molecule has 0 amide bonds. The predicted molar refractivity (Wildman–Crippen MR) is 81.5 cm³/mol. The van der Waals surface area contributed by atoms with Crippen LogP contribution in [-0.4, -0.2) is 16.0 Å². The summed E-state index contributed by atoms with van der Waals surface area (Å²) in [7, 11) is 0. The van der Waals surface area contributed by atoms with E-state index in [-0.39, 0.29) is 5.92 Å². The molecule has 120 valence electrons. The van der Waals surface area contributed by atoms with E-state index in [9.17, 15) is 18.4 Å². The van der Waals surface area contributed by atoms with Crippen molar-refractivity contribution in [3.63, 3.8) is 0 Å². The van der Waals surface area contributed by atoms with Crippen LogP contribution in [0.25, 0.3) is 0 Å². The molecule has 22 heavy (non-hydrogen) atoms. The van der Waals surface area contributed by atoms with Gasteiger partial charge in [-0.2, -0.15) is 17.9 Å². The van der Waals surface area contributed by atoms with Gasteiger partial charge >= 0.3 is 6.18 Å². The molecular formula is C17H20F3NO. The minimum atomic E-state index is -4.36. The lowest BCUT2D eigenvalue weighted by atomic mass is 10.0. The molecule has 0 heterocycles. The Bertz CT molecular complexity index is 609. The molecule has 0 saturated carbocycles. The third-order valence-electron chi connectivity index (χ3n) is 2.92. The fourth-order valence-corrected chi connectivity index (χ4v) is 1.67. The molecule has 1 rings (SSSR count). The Morgan fingerprint density at radius 1 is 1.09 bits per heavy atom. The minimum absolute atomic E-state index is 0.0707. The minimum Gasteiger partial charge on any atom is -0.623 e. The monoisotopic (exact) mass is 311 g/mol. The fraction of sp³-hybridized carbons (Fsp3) is 0.471. The molecule has 0 atom stereocenters. The highest BCUT2D eigenvalue weighted by Crippen LogP contribution is 2.28. The van der Waals surface area contributed by atoms with Gasteiger partial charge in [-0.05, 0) is 24.3 Å². The van der Waals surface area contributed by atoms with Crippen molar-refractivity contribution in [3.05, 3.63) is 40.6 Å². The summed E-state index contributed by atoms with van der Waals surface area (Å²) in [6, 6.07) is 4.58. The molecule has 2 nitrogen and oxygen atoms in total. The molecule has 1 aromatic rings. The molecule has 1 aromatic carbocycles. The average Bonchev–Trinajstić information content (AvgIpc) is 2.36. The van der Waals surface area contributed by atoms with E-state index in [0.29, 0.717) is 11.3 Å².